The molecule has 2 nitrogen and oxygen atoms in total. The second-order valence-electron chi connectivity index (χ2n) is 5.45. The largest absolute Gasteiger partial charge is 1.00 e. The summed E-state index contributed by atoms with van der Waals surface area (Å²) in [6, 6.07) is 7.87. The minimum atomic E-state index is 0. The Bertz CT molecular complexity index is 357. The molecule has 3 heteroatoms. The number of halogens is 1. The number of quaternary nitrogens is 1. The van der Waals surface area contributed by atoms with Crippen LogP contribution in [0.5, 0.6) is 0 Å². The zero-order valence-electron chi connectivity index (χ0n) is 11.1. The molecule has 1 unspecified atom stereocenters. The maximum absolute atomic E-state index is 10.9. The highest BCUT2D eigenvalue weighted by atomic mass is 127. The van der Waals surface area contributed by atoms with Crippen LogP contribution in [0.2, 0.25) is 0 Å². The van der Waals surface area contributed by atoms with E-state index in [2.05, 4.69) is 34.1 Å². The van der Waals surface area contributed by atoms with E-state index >= 15 is 0 Å². The Morgan fingerprint density at radius 1 is 1.24 bits per heavy atom. The fourth-order valence-corrected chi connectivity index (χ4v) is 1.80. The van der Waals surface area contributed by atoms with Gasteiger partial charge in [-0.3, -0.25) is 4.79 Å². The maximum atomic E-state index is 10.9. The van der Waals surface area contributed by atoms with Gasteiger partial charge in [0.05, 0.1) is 27.7 Å². The van der Waals surface area contributed by atoms with Crippen molar-refractivity contribution in [2.75, 3.05) is 27.7 Å². The molecule has 0 aliphatic heterocycles. The molecule has 0 saturated heterocycles. The highest BCUT2D eigenvalue weighted by Crippen LogP contribution is 2.22. The number of rotatable bonds is 5. The van der Waals surface area contributed by atoms with E-state index < -0.39 is 0 Å². The van der Waals surface area contributed by atoms with Crippen LogP contribution in [0.1, 0.15) is 35.2 Å². The number of nitrogens with zero attached hydrogens (tertiary/aromatic N) is 1. The van der Waals surface area contributed by atoms with E-state index in [-0.39, 0.29) is 24.0 Å². The predicted molar refractivity (Wildman–Crippen MR) is 67.8 cm³/mol. The molecule has 1 atom stereocenters. The molecule has 1 rings (SSSR count). The number of hydrogen-bond acceptors (Lipinski definition) is 1. The van der Waals surface area contributed by atoms with Gasteiger partial charge < -0.3 is 28.5 Å². The van der Waals surface area contributed by atoms with Gasteiger partial charge in [-0.15, -0.1) is 0 Å². The van der Waals surface area contributed by atoms with Gasteiger partial charge in [0, 0.05) is 12.0 Å². The lowest BCUT2D eigenvalue weighted by atomic mass is 9.93. The van der Waals surface area contributed by atoms with Gasteiger partial charge in [0.15, 0.2) is 0 Å². The van der Waals surface area contributed by atoms with Crippen molar-refractivity contribution in [3.8, 4) is 0 Å². The number of carbonyl (C=O) groups is 1. The molecule has 0 heterocycles. The monoisotopic (exact) mass is 347 g/mol. The van der Waals surface area contributed by atoms with Crippen LogP contribution in [0, 0.1) is 0 Å². The Morgan fingerprint density at radius 3 is 2.35 bits per heavy atom. The quantitative estimate of drug-likeness (QED) is 0.406. The average Bonchev–Trinajstić information content (AvgIpc) is 2.25. The molecule has 0 bridgehead atoms. The normalized spacial score (nSPS) is 12.7. The van der Waals surface area contributed by atoms with E-state index in [1.165, 1.54) is 5.56 Å². The molecule has 96 valence electrons. The molecule has 0 aliphatic rings. The van der Waals surface area contributed by atoms with Crippen LogP contribution in [0.4, 0.5) is 0 Å². The fourth-order valence-electron chi connectivity index (χ4n) is 1.80. The third-order valence-electron chi connectivity index (χ3n) is 2.89. The SMILES string of the molecule is CC(CC[N+](C)(C)C)c1ccccc1C=O.[I-]. The average molecular weight is 347 g/mol. The van der Waals surface area contributed by atoms with Crippen LogP contribution in [0.15, 0.2) is 24.3 Å². The second-order valence-corrected chi connectivity index (χ2v) is 5.45. The lowest BCUT2D eigenvalue weighted by Gasteiger charge is -2.26. The Morgan fingerprint density at radius 2 is 1.82 bits per heavy atom. The van der Waals surface area contributed by atoms with Gasteiger partial charge in [-0.05, 0) is 11.5 Å². The van der Waals surface area contributed by atoms with E-state index in [0.717, 1.165) is 29.3 Å². The van der Waals surface area contributed by atoms with Crippen LogP contribution in [0.25, 0.3) is 0 Å². The van der Waals surface area contributed by atoms with Gasteiger partial charge in [0.25, 0.3) is 0 Å². The first-order chi connectivity index (χ1) is 7.44. The Labute approximate surface area is 122 Å². The minimum absolute atomic E-state index is 0. The van der Waals surface area contributed by atoms with Crippen LogP contribution < -0.4 is 24.0 Å². The molecule has 0 N–H and O–H groups in total. The lowest BCUT2D eigenvalue weighted by Crippen LogP contribution is -3.00. The molecule has 0 amide bonds. The van der Waals surface area contributed by atoms with Crippen molar-refractivity contribution in [1.29, 1.82) is 0 Å². The van der Waals surface area contributed by atoms with E-state index in [1.807, 2.05) is 18.2 Å². The summed E-state index contributed by atoms with van der Waals surface area (Å²) in [5, 5.41) is 0. The van der Waals surface area contributed by atoms with Gasteiger partial charge in [-0.1, -0.05) is 31.2 Å². The van der Waals surface area contributed by atoms with Crippen LogP contribution in [-0.2, 0) is 0 Å². The highest BCUT2D eigenvalue weighted by molar-refractivity contribution is 5.77. The van der Waals surface area contributed by atoms with Crippen molar-refractivity contribution >= 4 is 6.29 Å². The summed E-state index contributed by atoms with van der Waals surface area (Å²) >= 11 is 0. The molecule has 1 aromatic rings. The molecular formula is C14H22INO. The number of hydrogen-bond donors (Lipinski definition) is 0. The molecule has 1 aromatic carbocycles. The second kappa shape index (κ2) is 7.11. The first-order valence-corrected chi connectivity index (χ1v) is 5.78. The smallest absolute Gasteiger partial charge is 0.150 e. The van der Waals surface area contributed by atoms with E-state index in [1.54, 1.807) is 0 Å². The summed E-state index contributed by atoms with van der Waals surface area (Å²) in [5.74, 6) is 0.443. The molecular weight excluding hydrogens is 325 g/mol. The molecule has 17 heavy (non-hydrogen) atoms. The van der Waals surface area contributed by atoms with Gasteiger partial charge >= 0.3 is 0 Å². The maximum Gasteiger partial charge on any atom is 0.150 e. The lowest BCUT2D eigenvalue weighted by molar-refractivity contribution is -0.870. The Hall–Kier alpha value is -0.420. The van der Waals surface area contributed by atoms with E-state index in [4.69, 9.17) is 0 Å². The summed E-state index contributed by atoms with van der Waals surface area (Å²) in [6.07, 6.45) is 2.06. The van der Waals surface area contributed by atoms with Gasteiger partial charge in [0.2, 0.25) is 0 Å². The fraction of sp³-hybridized carbons (Fsp3) is 0.500. The molecule has 0 aliphatic carbocycles. The molecule has 0 spiro atoms. The first-order valence-electron chi connectivity index (χ1n) is 5.78. The Balaban J connectivity index is 0.00000256. The summed E-state index contributed by atoms with van der Waals surface area (Å²) in [7, 11) is 6.58. The zero-order chi connectivity index (χ0) is 12.2. The van der Waals surface area contributed by atoms with Crippen LogP contribution in [-0.4, -0.2) is 38.5 Å². The van der Waals surface area contributed by atoms with Crippen molar-refractivity contribution < 1.29 is 33.3 Å². The molecule has 0 saturated carbocycles. The van der Waals surface area contributed by atoms with Crippen molar-refractivity contribution in [2.45, 2.75) is 19.3 Å². The van der Waals surface area contributed by atoms with Gasteiger partial charge in [0.1, 0.15) is 6.29 Å². The summed E-state index contributed by atoms with van der Waals surface area (Å²) in [6.45, 7) is 3.31. The van der Waals surface area contributed by atoms with E-state index in [9.17, 15) is 4.79 Å². The Kier molecular flexibility index (Phi) is 6.94. The summed E-state index contributed by atoms with van der Waals surface area (Å²) < 4.78 is 0.966. The van der Waals surface area contributed by atoms with Crippen molar-refractivity contribution in [1.82, 2.24) is 0 Å². The van der Waals surface area contributed by atoms with E-state index in [0.29, 0.717) is 5.92 Å². The zero-order valence-corrected chi connectivity index (χ0v) is 13.3. The third-order valence-corrected chi connectivity index (χ3v) is 2.89. The first kappa shape index (κ1) is 16.6. The number of benzene rings is 1. The highest BCUT2D eigenvalue weighted by Gasteiger charge is 2.14. The van der Waals surface area contributed by atoms with Crippen molar-refractivity contribution in [3.63, 3.8) is 0 Å². The molecule has 0 fully saturated rings. The number of carbonyl (C=O) groups excluding carboxylic acids is 1. The third kappa shape index (κ3) is 5.64. The van der Waals surface area contributed by atoms with Crippen LogP contribution >= 0.6 is 0 Å². The predicted octanol–water partition coefficient (Wildman–Crippen LogP) is -0.297. The molecule has 0 aromatic heterocycles. The van der Waals surface area contributed by atoms with Crippen molar-refractivity contribution in [2.24, 2.45) is 0 Å². The number of aldehydes is 1. The topological polar surface area (TPSA) is 17.1 Å². The van der Waals surface area contributed by atoms with Gasteiger partial charge in [-0.25, -0.2) is 0 Å². The van der Waals surface area contributed by atoms with Crippen LogP contribution in [0.3, 0.4) is 0 Å². The summed E-state index contributed by atoms with van der Waals surface area (Å²) in [4.78, 5) is 10.9. The minimum Gasteiger partial charge on any atom is -1.00 e. The summed E-state index contributed by atoms with van der Waals surface area (Å²) in [5.41, 5.74) is 2.00. The van der Waals surface area contributed by atoms with Crippen molar-refractivity contribution in [3.05, 3.63) is 35.4 Å². The molecule has 0 radical (unpaired) electrons. The standard InChI is InChI=1S/C14H22NO.HI/c1-12(9-10-15(2,3)4)14-8-6-5-7-13(14)11-16;/h5-8,11-12H,9-10H2,1-4H3;1H/q+1;/p-1. The van der Waals surface area contributed by atoms with Gasteiger partial charge in [-0.2, -0.15) is 0 Å².